The fourth-order valence-electron chi connectivity index (χ4n) is 4.84. The van der Waals surface area contributed by atoms with Crippen molar-refractivity contribution in [3.63, 3.8) is 0 Å². The number of aliphatic hydroxyl groups excluding tert-OH is 1. The minimum Gasteiger partial charge on any atom is -0.485 e. The summed E-state index contributed by atoms with van der Waals surface area (Å²) in [5.41, 5.74) is 0.629. The lowest BCUT2D eigenvalue weighted by atomic mass is 9.86. The van der Waals surface area contributed by atoms with Crippen molar-refractivity contribution >= 4 is 17.8 Å². The van der Waals surface area contributed by atoms with Gasteiger partial charge in [-0.25, -0.2) is 0 Å². The first-order valence-electron chi connectivity index (χ1n) is 12.1. The number of rotatable bonds is 6. The highest BCUT2D eigenvalue weighted by Gasteiger charge is 2.43. The SMILES string of the molecule is CCC1(CC)CC(=O)N(Cc2cccc(C(=O)NC3c4ccccc4OC(C)(C)C3O)c2)C(=N)N1. The van der Waals surface area contributed by atoms with E-state index in [1.807, 2.05) is 44.2 Å². The summed E-state index contributed by atoms with van der Waals surface area (Å²) in [4.78, 5) is 27.5. The zero-order valence-corrected chi connectivity index (χ0v) is 20.7. The van der Waals surface area contributed by atoms with Crippen LogP contribution in [0, 0.1) is 5.41 Å². The number of nitrogens with zero attached hydrogens (tertiary/aromatic N) is 1. The number of hydrogen-bond acceptors (Lipinski definition) is 5. The fraction of sp³-hybridized carbons (Fsp3) is 0.444. The number of amides is 2. The summed E-state index contributed by atoms with van der Waals surface area (Å²) in [5, 5.41) is 25.5. The van der Waals surface area contributed by atoms with Crippen LogP contribution in [0.3, 0.4) is 0 Å². The molecule has 8 nitrogen and oxygen atoms in total. The van der Waals surface area contributed by atoms with Gasteiger partial charge >= 0.3 is 0 Å². The van der Waals surface area contributed by atoms with Gasteiger partial charge in [0.1, 0.15) is 17.5 Å². The average molecular weight is 479 g/mol. The summed E-state index contributed by atoms with van der Waals surface area (Å²) < 4.78 is 5.94. The summed E-state index contributed by atoms with van der Waals surface area (Å²) >= 11 is 0. The van der Waals surface area contributed by atoms with E-state index in [0.717, 1.165) is 24.0 Å². The van der Waals surface area contributed by atoms with E-state index in [9.17, 15) is 14.7 Å². The molecule has 2 unspecified atom stereocenters. The molecule has 1 fully saturated rings. The summed E-state index contributed by atoms with van der Waals surface area (Å²) in [6.45, 7) is 7.81. The Morgan fingerprint density at radius 2 is 1.91 bits per heavy atom. The minimum absolute atomic E-state index is 0.0870. The smallest absolute Gasteiger partial charge is 0.251 e. The number of benzene rings is 2. The number of carbonyl (C=O) groups is 2. The third-order valence-corrected chi connectivity index (χ3v) is 7.27. The lowest BCUT2D eigenvalue weighted by Gasteiger charge is -2.42. The number of hydrogen-bond donors (Lipinski definition) is 4. The maximum atomic E-state index is 13.2. The molecular formula is C27H34N4O4. The Kier molecular flexibility index (Phi) is 6.60. The van der Waals surface area contributed by atoms with Gasteiger partial charge in [-0.05, 0) is 50.5 Å². The number of nitrogens with one attached hydrogen (secondary N) is 3. The van der Waals surface area contributed by atoms with Crippen LogP contribution in [-0.4, -0.2) is 45.0 Å². The van der Waals surface area contributed by atoms with E-state index in [2.05, 4.69) is 10.6 Å². The molecule has 0 saturated carbocycles. The fourth-order valence-corrected chi connectivity index (χ4v) is 4.84. The molecule has 0 aromatic heterocycles. The van der Waals surface area contributed by atoms with Gasteiger partial charge in [0.15, 0.2) is 5.96 Å². The summed E-state index contributed by atoms with van der Waals surface area (Å²) in [6.07, 6.45) is 0.914. The zero-order chi connectivity index (χ0) is 25.4. The first kappa shape index (κ1) is 24.7. The van der Waals surface area contributed by atoms with Crippen LogP contribution in [0.1, 0.15) is 74.5 Å². The van der Waals surface area contributed by atoms with E-state index < -0.39 is 17.7 Å². The number of carbonyl (C=O) groups excluding carboxylic acids is 2. The third-order valence-electron chi connectivity index (χ3n) is 7.27. The molecule has 2 heterocycles. The molecule has 0 aliphatic carbocycles. The molecule has 2 amide bonds. The molecule has 4 N–H and O–H groups in total. The van der Waals surface area contributed by atoms with Crippen molar-refractivity contribution in [2.45, 2.75) is 76.8 Å². The standard InChI is InChI=1S/C27H34N4O4/c1-5-27(6-2)15-21(32)31(25(28)30-27)16-17-10-9-11-18(14-17)24(34)29-22-19-12-7-8-13-20(19)35-26(3,4)23(22)33/h7-14,22-23,33H,5-6,15-16H2,1-4H3,(H2,28,30)(H,29,34). The third kappa shape index (κ3) is 4.75. The second-order valence-corrected chi connectivity index (χ2v) is 9.96. The van der Waals surface area contributed by atoms with Crippen molar-refractivity contribution < 1.29 is 19.4 Å². The highest BCUT2D eigenvalue weighted by molar-refractivity contribution is 5.99. The van der Waals surface area contributed by atoms with E-state index in [-0.39, 0.29) is 29.9 Å². The van der Waals surface area contributed by atoms with Crippen LogP contribution in [-0.2, 0) is 11.3 Å². The molecule has 2 aliphatic rings. The van der Waals surface area contributed by atoms with Gasteiger partial charge in [-0.1, -0.05) is 44.2 Å². The van der Waals surface area contributed by atoms with Crippen molar-refractivity contribution in [2.75, 3.05) is 0 Å². The van der Waals surface area contributed by atoms with E-state index in [0.29, 0.717) is 17.7 Å². The first-order chi connectivity index (χ1) is 16.6. The van der Waals surface area contributed by atoms with Crippen LogP contribution in [0.2, 0.25) is 0 Å². The van der Waals surface area contributed by atoms with Crippen LogP contribution >= 0.6 is 0 Å². The second kappa shape index (κ2) is 9.34. The highest BCUT2D eigenvalue weighted by atomic mass is 16.5. The highest BCUT2D eigenvalue weighted by Crippen LogP contribution is 2.39. The van der Waals surface area contributed by atoms with Gasteiger partial charge in [0, 0.05) is 16.7 Å². The van der Waals surface area contributed by atoms with Crippen LogP contribution in [0.4, 0.5) is 0 Å². The van der Waals surface area contributed by atoms with E-state index >= 15 is 0 Å². The monoisotopic (exact) mass is 478 g/mol. The Bertz CT molecular complexity index is 1120. The Hall–Kier alpha value is -3.39. The Balaban J connectivity index is 1.51. The molecule has 35 heavy (non-hydrogen) atoms. The van der Waals surface area contributed by atoms with Crippen molar-refractivity contribution in [1.29, 1.82) is 5.41 Å². The molecule has 0 spiro atoms. The molecule has 8 heteroatoms. The lowest BCUT2D eigenvalue weighted by molar-refractivity contribution is -0.131. The van der Waals surface area contributed by atoms with Crippen LogP contribution in [0.15, 0.2) is 48.5 Å². The van der Waals surface area contributed by atoms with E-state index in [4.69, 9.17) is 10.1 Å². The van der Waals surface area contributed by atoms with Crippen LogP contribution < -0.4 is 15.4 Å². The molecule has 186 valence electrons. The van der Waals surface area contributed by atoms with E-state index in [1.165, 1.54) is 4.90 Å². The van der Waals surface area contributed by atoms with Crippen LogP contribution in [0.25, 0.3) is 0 Å². The maximum Gasteiger partial charge on any atom is 0.251 e. The summed E-state index contributed by atoms with van der Waals surface area (Å²) in [6, 6.07) is 13.7. The predicted octanol–water partition coefficient (Wildman–Crippen LogP) is 3.51. The lowest BCUT2D eigenvalue weighted by Crippen LogP contribution is -2.61. The quantitative estimate of drug-likeness (QED) is 0.507. The molecule has 0 bridgehead atoms. The molecule has 2 aromatic carbocycles. The first-order valence-corrected chi connectivity index (χ1v) is 12.1. The maximum absolute atomic E-state index is 13.2. The molecule has 4 rings (SSSR count). The minimum atomic E-state index is -0.945. The number of ether oxygens (including phenoxy) is 1. The van der Waals surface area contributed by atoms with Gasteiger partial charge < -0.3 is 20.5 Å². The Morgan fingerprint density at radius 3 is 2.60 bits per heavy atom. The van der Waals surface area contributed by atoms with Gasteiger partial charge in [0.05, 0.1) is 19.0 Å². The van der Waals surface area contributed by atoms with Crippen molar-refractivity contribution in [3.8, 4) is 5.75 Å². The van der Waals surface area contributed by atoms with Crippen molar-refractivity contribution in [3.05, 3.63) is 65.2 Å². The molecule has 2 aromatic rings. The summed E-state index contributed by atoms with van der Waals surface area (Å²) in [7, 11) is 0. The van der Waals surface area contributed by atoms with Crippen LogP contribution in [0.5, 0.6) is 5.75 Å². The number of para-hydroxylation sites is 1. The zero-order valence-electron chi connectivity index (χ0n) is 20.7. The Morgan fingerprint density at radius 1 is 1.20 bits per heavy atom. The van der Waals surface area contributed by atoms with E-state index in [1.54, 1.807) is 32.0 Å². The molecular weight excluding hydrogens is 444 g/mol. The number of guanidine groups is 1. The molecule has 2 atom stereocenters. The average Bonchev–Trinajstić information content (AvgIpc) is 2.84. The Labute approximate surface area is 206 Å². The van der Waals surface area contributed by atoms with Gasteiger partial charge in [-0.2, -0.15) is 0 Å². The van der Waals surface area contributed by atoms with Crippen molar-refractivity contribution in [2.24, 2.45) is 0 Å². The largest absolute Gasteiger partial charge is 0.485 e. The predicted molar refractivity (Wildman–Crippen MR) is 133 cm³/mol. The normalized spacial score (nSPS) is 22.6. The molecule has 1 saturated heterocycles. The number of aliphatic hydroxyl groups is 1. The topological polar surface area (TPSA) is 115 Å². The number of fused-ring (bicyclic) bond motifs is 1. The van der Waals surface area contributed by atoms with Gasteiger partial charge in [0.25, 0.3) is 5.91 Å². The van der Waals surface area contributed by atoms with Gasteiger partial charge in [-0.3, -0.25) is 19.9 Å². The van der Waals surface area contributed by atoms with Crippen molar-refractivity contribution in [1.82, 2.24) is 15.5 Å². The molecule has 2 aliphatic heterocycles. The molecule has 0 radical (unpaired) electrons. The summed E-state index contributed by atoms with van der Waals surface area (Å²) in [5.74, 6) is 0.282. The van der Waals surface area contributed by atoms with Gasteiger partial charge in [-0.15, -0.1) is 0 Å². The second-order valence-electron chi connectivity index (χ2n) is 9.96. The van der Waals surface area contributed by atoms with Gasteiger partial charge in [0.2, 0.25) is 5.91 Å².